The fourth-order valence-electron chi connectivity index (χ4n) is 2.20. The summed E-state index contributed by atoms with van der Waals surface area (Å²) in [5, 5.41) is 0.181. The Morgan fingerprint density at radius 3 is 2.40 bits per heavy atom. The Balaban J connectivity index is 2.03. The van der Waals surface area contributed by atoms with Gasteiger partial charge in [-0.2, -0.15) is 0 Å². The molecule has 3 atom stereocenters. The highest BCUT2D eigenvalue weighted by Crippen LogP contribution is 2.39. The molecule has 4 nitrogen and oxygen atoms in total. The summed E-state index contributed by atoms with van der Waals surface area (Å²) in [5.41, 5.74) is 0. The Morgan fingerprint density at radius 2 is 1.90 bits per heavy atom. The van der Waals surface area contributed by atoms with Gasteiger partial charge in [0.1, 0.15) is 12.2 Å². The SMILES string of the molecule is CC1(C)OC[C@H]([C@H]2OC=C[C@@H]2O[Si](C)(C)C(C)(C)C)O1. The van der Waals surface area contributed by atoms with Gasteiger partial charge in [-0.3, -0.25) is 0 Å². The molecule has 0 unspecified atom stereocenters. The van der Waals surface area contributed by atoms with Crippen molar-refractivity contribution in [1.29, 1.82) is 0 Å². The Morgan fingerprint density at radius 1 is 1.25 bits per heavy atom. The molecule has 0 amide bonds. The van der Waals surface area contributed by atoms with Crippen LogP contribution in [0.4, 0.5) is 0 Å². The molecule has 0 radical (unpaired) electrons. The Hall–Kier alpha value is -0.363. The summed E-state index contributed by atoms with van der Waals surface area (Å²) in [7, 11) is -1.83. The predicted molar refractivity (Wildman–Crippen MR) is 81.0 cm³/mol. The quantitative estimate of drug-likeness (QED) is 0.748. The standard InChI is InChI=1S/C15H28O4Si/c1-14(2,3)20(6,7)19-11-8-9-16-13(11)12-10-17-15(4,5)18-12/h8-9,11-13H,10H2,1-7H3/t11-,12+,13-/m0/s1. The summed E-state index contributed by atoms with van der Waals surface area (Å²) in [6.45, 7) is 15.7. The lowest BCUT2D eigenvalue weighted by atomic mass is 10.1. The van der Waals surface area contributed by atoms with Crippen LogP contribution in [0.2, 0.25) is 18.1 Å². The van der Waals surface area contributed by atoms with E-state index in [-0.39, 0.29) is 23.4 Å². The van der Waals surface area contributed by atoms with E-state index in [9.17, 15) is 0 Å². The van der Waals surface area contributed by atoms with Crippen LogP contribution in [0.1, 0.15) is 34.6 Å². The van der Waals surface area contributed by atoms with Gasteiger partial charge in [0.2, 0.25) is 0 Å². The minimum Gasteiger partial charge on any atom is -0.492 e. The first-order valence-electron chi connectivity index (χ1n) is 7.34. The molecule has 5 heteroatoms. The molecule has 2 rings (SSSR count). The van der Waals surface area contributed by atoms with Gasteiger partial charge in [0, 0.05) is 0 Å². The molecule has 2 heterocycles. The zero-order valence-corrected chi connectivity index (χ0v) is 14.7. The van der Waals surface area contributed by atoms with E-state index in [0.717, 1.165) is 0 Å². The molecule has 1 saturated heterocycles. The highest BCUT2D eigenvalue weighted by Gasteiger charge is 2.46. The van der Waals surface area contributed by atoms with Crippen LogP contribution in [0.25, 0.3) is 0 Å². The first-order chi connectivity index (χ1) is 9.02. The van der Waals surface area contributed by atoms with Crippen molar-refractivity contribution in [3.8, 4) is 0 Å². The molecule has 2 aliphatic rings. The van der Waals surface area contributed by atoms with Crippen molar-refractivity contribution < 1.29 is 18.6 Å². The summed E-state index contributed by atoms with van der Waals surface area (Å²) in [6.07, 6.45) is 3.51. The van der Waals surface area contributed by atoms with Gasteiger partial charge in [-0.05, 0) is 38.1 Å². The van der Waals surface area contributed by atoms with Crippen LogP contribution in [0.3, 0.4) is 0 Å². The summed E-state index contributed by atoms with van der Waals surface area (Å²) in [4.78, 5) is 0. The zero-order chi connectivity index (χ0) is 15.2. The van der Waals surface area contributed by atoms with Crippen molar-refractivity contribution in [2.24, 2.45) is 0 Å². The highest BCUT2D eigenvalue weighted by atomic mass is 28.4. The van der Waals surface area contributed by atoms with E-state index in [2.05, 4.69) is 33.9 Å². The molecule has 0 aliphatic carbocycles. The van der Waals surface area contributed by atoms with Crippen LogP contribution in [-0.2, 0) is 18.6 Å². The third kappa shape index (κ3) is 3.27. The Bertz CT molecular complexity index is 384. The van der Waals surface area contributed by atoms with Crippen LogP contribution < -0.4 is 0 Å². The van der Waals surface area contributed by atoms with E-state index < -0.39 is 14.1 Å². The number of ether oxygens (including phenoxy) is 3. The molecule has 0 bridgehead atoms. The number of hydrogen-bond donors (Lipinski definition) is 0. The molecule has 20 heavy (non-hydrogen) atoms. The molecule has 1 fully saturated rings. The second-order valence-corrected chi connectivity index (χ2v) is 12.4. The van der Waals surface area contributed by atoms with E-state index in [1.165, 1.54) is 0 Å². The topological polar surface area (TPSA) is 36.9 Å². The molecule has 0 saturated carbocycles. The maximum Gasteiger partial charge on any atom is 0.193 e. The van der Waals surface area contributed by atoms with Gasteiger partial charge < -0.3 is 18.6 Å². The minimum atomic E-state index is -1.83. The van der Waals surface area contributed by atoms with Gasteiger partial charge >= 0.3 is 0 Å². The maximum absolute atomic E-state index is 6.45. The van der Waals surface area contributed by atoms with Crippen LogP contribution >= 0.6 is 0 Å². The van der Waals surface area contributed by atoms with Crippen molar-refractivity contribution in [2.45, 2.75) is 76.8 Å². The zero-order valence-electron chi connectivity index (χ0n) is 13.7. The highest BCUT2D eigenvalue weighted by molar-refractivity contribution is 6.74. The van der Waals surface area contributed by atoms with Crippen LogP contribution in [0, 0.1) is 0 Å². The smallest absolute Gasteiger partial charge is 0.193 e. The molecule has 0 aromatic carbocycles. The van der Waals surface area contributed by atoms with Gasteiger partial charge in [0.25, 0.3) is 0 Å². The van der Waals surface area contributed by atoms with E-state index in [4.69, 9.17) is 18.6 Å². The van der Waals surface area contributed by atoms with E-state index >= 15 is 0 Å². The van der Waals surface area contributed by atoms with Crippen molar-refractivity contribution in [3.63, 3.8) is 0 Å². The van der Waals surface area contributed by atoms with E-state index in [0.29, 0.717) is 6.61 Å². The lowest BCUT2D eigenvalue weighted by Gasteiger charge is -2.39. The maximum atomic E-state index is 6.45. The average molecular weight is 300 g/mol. The first-order valence-corrected chi connectivity index (χ1v) is 10.2. The monoisotopic (exact) mass is 300 g/mol. The van der Waals surface area contributed by atoms with E-state index in [1.54, 1.807) is 6.26 Å². The van der Waals surface area contributed by atoms with Crippen molar-refractivity contribution in [1.82, 2.24) is 0 Å². The fourth-order valence-corrected chi connectivity index (χ4v) is 3.45. The largest absolute Gasteiger partial charge is 0.492 e. The Labute approximate surface area is 123 Å². The van der Waals surface area contributed by atoms with Gasteiger partial charge in [0.15, 0.2) is 20.2 Å². The van der Waals surface area contributed by atoms with E-state index in [1.807, 2.05) is 19.9 Å². The van der Waals surface area contributed by atoms with Crippen molar-refractivity contribution in [3.05, 3.63) is 12.3 Å². The number of rotatable bonds is 3. The summed E-state index contributed by atoms with van der Waals surface area (Å²) in [5.74, 6) is -0.530. The molecular formula is C15H28O4Si. The Kier molecular flexibility index (Phi) is 4.10. The third-order valence-corrected chi connectivity index (χ3v) is 8.94. The second kappa shape index (κ2) is 5.12. The van der Waals surface area contributed by atoms with Crippen LogP contribution in [0.15, 0.2) is 12.3 Å². The molecule has 0 aromatic heterocycles. The van der Waals surface area contributed by atoms with Crippen molar-refractivity contribution >= 4 is 8.32 Å². The van der Waals surface area contributed by atoms with Gasteiger partial charge in [0.05, 0.1) is 12.9 Å². The molecule has 0 aromatic rings. The molecule has 0 spiro atoms. The summed E-state index contributed by atoms with van der Waals surface area (Å²) in [6, 6.07) is 0. The minimum absolute atomic E-state index is 0.0432. The van der Waals surface area contributed by atoms with Gasteiger partial charge in [-0.25, -0.2) is 0 Å². The average Bonchev–Trinajstić information content (AvgIpc) is 2.82. The lowest BCUT2D eigenvalue weighted by Crippen LogP contribution is -2.48. The van der Waals surface area contributed by atoms with Crippen LogP contribution in [0.5, 0.6) is 0 Å². The molecular weight excluding hydrogens is 272 g/mol. The molecule has 0 N–H and O–H groups in total. The summed E-state index contributed by atoms with van der Waals surface area (Å²) < 4.78 is 23.7. The van der Waals surface area contributed by atoms with Gasteiger partial charge in [-0.1, -0.05) is 20.8 Å². The fraction of sp³-hybridized carbons (Fsp3) is 0.867. The molecule has 2 aliphatic heterocycles. The normalized spacial score (nSPS) is 33.5. The predicted octanol–water partition coefficient (Wildman–Crippen LogP) is 3.44. The lowest BCUT2D eigenvalue weighted by molar-refractivity contribution is -0.155. The second-order valence-electron chi connectivity index (χ2n) is 7.64. The third-order valence-electron chi connectivity index (χ3n) is 4.46. The summed E-state index contributed by atoms with van der Waals surface area (Å²) >= 11 is 0. The van der Waals surface area contributed by atoms with Crippen molar-refractivity contribution in [2.75, 3.05) is 6.61 Å². The van der Waals surface area contributed by atoms with Gasteiger partial charge in [-0.15, -0.1) is 0 Å². The van der Waals surface area contributed by atoms with Crippen LogP contribution in [-0.4, -0.2) is 39.0 Å². The molecule has 116 valence electrons. The first kappa shape index (κ1) is 16.0. The number of hydrogen-bond acceptors (Lipinski definition) is 4.